The minimum atomic E-state index is -0.781. The van der Waals surface area contributed by atoms with Gasteiger partial charge in [0.1, 0.15) is 5.82 Å². The first kappa shape index (κ1) is 19.1. The fourth-order valence-electron chi connectivity index (χ4n) is 3.25. The fourth-order valence-corrected chi connectivity index (χ4v) is 3.54. The molecule has 0 saturated heterocycles. The van der Waals surface area contributed by atoms with Gasteiger partial charge in [-0.05, 0) is 24.6 Å². The predicted molar refractivity (Wildman–Crippen MR) is 101 cm³/mol. The first-order valence-corrected chi connectivity index (χ1v) is 9.00. The summed E-state index contributed by atoms with van der Waals surface area (Å²) >= 11 is 6.17. The summed E-state index contributed by atoms with van der Waals surface area (Å²) in [5.74, 6) is -2.20. The van der Waals surface area contributed by atoms with Gasteiger partial charge in [0.2, 0.25) is 5.91 Å². The number of hydrogen-bond acceptors (Lipinski definition) is 3. The van der Waals surface area contributed by atoms with Crippen LogP contribution in [0, 0.1) is 5.82 Å². The van der Waals surface area contributed by atoms with Gasteiger partial charge >= 0.3 is 5.97 Å². The molecular formula is C21H19ClFNO3. The molecule has 0 spiro atoms. The topological polar surface area (TPSA) is 55.4 Å². The molecule has 1 amide bonds. The lowest BCUT2D eigenvalue weighted by molar-refractivity contribution is -0.139. The number of amides is 1. The third-order valence-corrected chi connectivity index (χ3v) is 4.83. The van der Waals surface area contributed by atoms with E-state index in [4.69, 9.17) is 16.3 Å². The second-order valence-electron chi connectivity index (χ2n) is 6.35. The van der Waals surface area contributed by atoms with Gasteiger partial charge in [0, 0.05) is 35.0 Å². The molecule has 1 aliphatic heterocycles. The minimum absolute atomic E-state index is 0.0683. The smallest absolute Gasteiger partial charge is 0.336 e. The Labute approximate surface area is 162 Å². The lowest BCUT2D eigenvalue weighted by atomic mass is 9.84. The highest BCUT2D eigenvalue weighted by Gasteiger charge is 2.35. The van der Waals surface area contributed by atoms with Gasteiger partial charge in [-0.3, -0.25) is 4.79 Å². The Morgan fingerprint density at radius 1 is 1.22 bits per heavy atom. The van der Waals surface area contributed by atoms with E-state index in [1.165, 1.54) is 12.1 Å². The van der Waals surface area contributed by atoms with E-state index in [1.807, 2.05) is 30.3 Å². The summed E-state index contributed by atoms with van der Waals surface area (Å²) in [6.45, 7) is 1.79. The molecule has 0 radical (unpaired) electrons. The number of rotatable bonds is 5. The van der Waals surface area contributed by atoms with Gasteiger partial charge in [0.05, 0.1) is 12.2 Å². The van der Waals surface area contributed by atoms with Gasteiger partial charge in [-0.1, -0.05) is 48.0 Å². The number of nitrogens with one attached hydrogen (secondary N) is 1. The molecule has 0 saturated carbocycles. The van der Waals surface area contributed by atoms with Crippen LogP contribution in [0.1, 0.15) is 30.4 Å². The Hall–Kier alpha value is -2.66. The number of allylic oxidation sites excluding steroid dienone is 1. The number of esters is 1. The molecule has 4 nitrogen and oxygen atoms in total. The number of halogens is 2. The van der Waals surface area contributed by atoms with E-state index in [-0.39, 0.29) is 35.1 Å². The van der Waals surface area contributed by atoms with Crippen LogP contribution in [0.5, 0.6) is 0 Å². The van der Waals surface area contributed by atoms with Crippen molar-refractivity contribution in [1.82, 2.24) is 5.32 Å². The molecule has 1 atom stereocenters. The van der Waals surface area contributed by atoms with E-state index in [2.05, 4.69) is 5.32 Å². The third kappa shape index (κ3) is 4.37. The molecule has 1 N–H and O–H groups in total. The average Bonchev–Trinajstić information content (AvgIpc) is 2.62. The van der Waals surface area contributed by atoms with Crippen molar-refractivity contribution in [2.45, 2.75) is 25.7 Å². The molecule has 3 rings (SSSR count). The highest BCUT2D eigenvalue weighted by Crippen LogP contribution is 2.38. The average molecular weight is 388 g/mol. The summed E-state index contributed by atoms with van der Waals surface area (Å²) in [7, 11) is 0. The number of carbonyl (C=O) groups is 2. The summed E-state index contributed by atoms with van der Waals surface area (Å²) in [5, 5.41) is 2.81. The van der Waals surface area contributed by atoms with Crippen LogP contribution in [0.2, 0.25) is 5.02 Å². The molecule has 140 valence electrons. The number of ether oxygens (including phenoxy) is 1. The Balaban J connectivity index is 1.82. The normalized spacial score (nSPS) is 16.9. The van der Waals surface area contributed by atoms with Crippen molar-refractivity contribution < 1.29 is 18.7 Å². The summed E-state index contributed by atoms with van der Waals surface area (Å²) in [6.07, 6.45) is 0.498. The molecule has 0 aromatic heterocycles. The number of hydrogen-bond donors (Lipinski definition) is 1. The Morgan fingerprint density at radius 2 is 1.96 bits per heavy atom. The molecule has 2 aromatic rings. The molecule has 0 aliphatic carbocycles. The van der Waals surface area contributed by atoms with E-state index in [9.17, 15) is 14.0 Å². The summed E-state index contributed by atoms with van der Waals surface area (Å²) < 4.78 is 19.8. The van der Waals surface area contributed by atoms with Crippen LogP contribution >= 0.6 is 11.6 Å². The van der Waals surface area contributed by atoms with Crippen molar-refractivity contribution in [2.24, 2.45) is 0 Å². The molecular weight excluding hydrogens is 369 g/mol. The quantitative estimate of drug-likeness (QED) is 0.784. The predicted octanol–water partition coefficient (Wildman–Crippen LogP) is 4.14. The van der Waals surface area contributed by atoms with Gasteiger partial charge in [-0.2, -0.15) is 0 Å². The molecule has 0 unspecified atom stereocenters. The monoisotopic (exact) mass is 387 g/mol. The molecule has 2 aromatic carbocycles. The van der Waals surface area contributed by atoms with E-state index in [1.54, 1.807) is 13.0 Å². The van der Waals surface area contributed by atoms with E-state index in [0.29, 0.717) is 12.1 Å². The standard InChI is InChI=1S/C21H19ClFNO3/c1-13-19(21(26)27-11-10-14-6-3-2-4-7-14)15(12-18(25)24-13)20-16(22)8-5-9-17(20)23/h2-9,15H,10-12H2,1H3,(H,24,25)/t15-/m0/s1. The Bertz CT molecular complexity index is 875. The van der Waals surface area contributed by atoms with Crippen molar-refractivity contribution in [1.29, 1.82) is 0 Å². The maximum Gasteiger partial charge on any atom is 0.336 e. The zero-order chi connectivity index (χ0) is 19.4. The molecule has 1 heterocycles. The fraction of sp³-hybridized carbons (Fsp3) is 0.238. The van der Waals surface area contributed by atoms with Crippen molar-refractivity contribution in [3.63, 3.8) is 0 Å². The molecule has 27 heavy (non-hydrogen) atoms. The lowest BCUT2D eigenvalue weighted by Crippen LogP contribution is -2.34. The van der Waals surface area contributed by atoms with Crippen molar-refractivity contribution >= 4 is 23.5 Å². The second-order valence-corrected chi connectivity index (χ2v) is 6.76. The molecule has 0 bridgehead atoms. The van der Waals surface area contributed by atoms with E-state index < -0.39 is 17.7 Å². The minimum Gasteiger partial charge on any atom is -0.462 e. The summed E-state index contributed by atoms with van der Waals surface area (Å²) in [5.41, 5.74) is 1.78. The number of benzene rings is 2. The molecule has 1 aliphatic rings. The number of carbonyl (C=O) groups excluding carboxylic acids is 2. The van der Waals surface area contributed by atoms with Crippen LogP contribution in [0.4, 0.5) is 4.39 Å². The van der Waals surface area contributed by atoms with E-state index in [0.717, 1.165) is 5.56 Å². The zero-order valence-electron chi connectivity index (χ0n) is 14.8. The second kappa shape index (κ2) is 8.35. The van der Waals surface area contributed by atoms with Crippen LogP contribution in [-0.4, -0.2) is 18.5 Å². The maximum atomic E-state index is 14.4. The summed E-state index contributed by atoms with van der Waals surface area (Å²) in [4.78, 5) is 24.7. The van der Waals surface area contributed by atoms with E-state index >= 15 is 0 Å². The van der Waals surface area contributed by atoms with Gasteiger partial charge in [0.15, 0.2) is 0 Å². The Kier molecular flexibility index (Phi) is 5.91. The Morgan fingerprint density at radius 3 is 2.67 bits per heavy atom. The largest absolute Gasteiger partial charge is 0.462 e. The SMILES string of the molecule is CC1=C(C(=O)OCCc2ccccc2)[C@@H](c2c(F)cccc2Cl)CC(=O)N1. The zero-order valence-corrected chi connectivity index (χ0v) is 15.6. The van der Waals surface area contributed by atoms with Crippen LogP contribution in [0.3, 0.4) is 0 Å². The molecule has 6 heteroatoms. The first-order valence-electron chi connectivity index (χ1n) is 8.63. The highest BCUT2D eigenvalue weighted by atomic mass is 35.5. The lowest BCUT2D eigenvalue weighted by Gasteiger charge is -2.27. The van der Waals surface area contributed by atoms with Crippen molar-refractivity contribution in [3.8, 4) is 0 Å². The van der Waals surface area contributed by atoms with Crippen molar-refractivity contribution in [2.75, 3.05) is 6.61 Å². The van der Waals surface area contributed by atoms with Crippen LogP contribution in [-0.2, 0) is 20.7 Å². The van der Waals surface area contributed by atoms with Crippen LogP contribution in [0.15, 0.2) is 59.8 Å². The van der Waals surface area contributed by atoms with Gasteiger partial charge in [-0.25, -0.2) is 9.18 Å². The van der Waals surface area contributed by atoms with Crippen LogP contribution in [0.25, 0.3) is 0 Å². The van der Waals surface area contributed by atoms with Crippen molar-refractivity contribution in [3.05, 3.63) is 81.8 Å². The van der Waals surface area contributed by atoms with Gasteiger partial charge < -0.3 is 10.1 Å². The first-order chi connectivity index (χ1) is 13.0. The highest BCUT2D eigenvalue weighted by molar-refractivity contribution is 6.31. The third-order valence-electron chi connectivity index (χ3n) is 4.50. The maximum absolute atomic E-state index is 14.4. The molecule has 0 fully saturated rings. The van der Waals surface area contributed by atoms with Gasteiger partial charge in [0.25, 0.3) is 0 Å². The van der Waals surface area contributed by atoms with Crippen LogP contribution < -0.4 is 5.32 Å². The van der Waals surface area contributed by atoms with Gasteiger partial charge in [-0.15, -0.1) is 0 Å². The summed E-state index contributed by atoms with van der Waals surface area (Å²) in [6, 6.07) is 13.9.